The van der Waals surface area contributed by atoms with Crippen LogP contribution in [0.3, 0.4) is 0 Å². The molecule has 6 nitrogen and oxygen atoms in total. The maximum atomic E-state index is 5.14. The molecule has 0 aliphatic carbocycles. The van der Waals surface area contributed by atoms with Gasteiger partial charge >= 0.3 is 0 Å². The summed E-state index contributed by atoms with van der Waals surface area (Å²) in [5, 5.41) is 12.4. The summed E-state index contributed by atoms with van der Waals surface area (Å²) in [7, 11) is 1.64. The highest BCUT2D eigenvalue weighted by molar-refractivity contribution is 7.98. The molecule has 3 rings (SSSR count). The van der Waals surface area contributed by atoms with E-state index in [2.05, 4.69) is 20.5 Å². The fraction of sp³-hybridized carbons (Fsp3) is 0.154. The predicted molar refractivity (Wildman–Crippen MR) is 78.8 cm³/mol. The molecule has 0 saturated carbocycles. The van der Waals surface area contributed by atoms with Crippen LogP contribution in [0.2, 0.25) is 0 Å². The van der Waals surface area contributed by atoms with Gasteiger partial charge in [-0.3, -0.25) is 0 Å². The summed E-state index contributed by atoms with van der Waals surface area (Å²) in [5.41, 5.74) is 1.68. The molecule has 0 spiro atoms. The lowest BCUT2D eigenvalue weighted by molar-refractivity contribution is 0.415. The fourth-order valence-electron chi connectivity index (χ4n) is 1.85. The Hall–Kier alpha value is -2.28. The number of fused-ring (bicyclic) bond motifs is 1. The number of hydrogen-bond acceptors (Lipinski definition) is 6. The zero-order valence-electron chi connectivity index (χ0n) is 11.1. The van der Waals surface area contributed by atoms with E-state index in [9.17, 15) is 0 Å². The fourth-order valence-corrected chi connectivity index (χ4v) is 2.38. The van der Waals surface area contributed by atoms with E-state index in [-0.39, 0.29) is 0 Å². The predicted octanol–water partition coefficient (Wildman–Crippen LogP) is 2.60. The Balaban J connectivity index is 1.97. The monoisotopic (exact) mass is 287 g/mol. The molecule has 0 radical (unpaired) electrons. The van der Waals surface area contributed by atoms with Gasteiger partial charge in [0.1, 0.15) is 5.75 Å². The number of anilines is 2. The number of nitrogens with one attached hydrogen (secondary N) is 1. The number of methoxy groups -OCH3 is 1. The van der Waals surface area contributed by atoms with E-state index >= 15 is 0 Å². The van der Waals surface area contributed by atoms with Crippen molar-refractivity contribution in [2.75, 3.05) is 18.7 Å². The molecule has 20 heavy (non-hydrogen) atoms. The van der Waals surface area contributed by atoms with Crippen LogP contribution in [0.5, 0.6) is 5.75 Å². The lowest BCUT2D eigenvalue weighted by Gasteiger charge is -2.07. The second kappa shape index (κ2) is 5.38. The minimum Gasteiger partial charge on any atom is -0.497 e. The molecule has 1 N–H and O–H groups in total. The summed E-state index contributed by atoms with van der Waals surface area (Å²) < 4.78 is 7.02. The Kier molecular flexibility index (Phi) is 3.42. The van der Waals surface area contributed by atoms with Crippen LogP contribution < -0.4 is 10.1 Å². The van der Waals surface area contributed by atoms with Gasteiger partial charge in [-0.2, -0.15) is 0 Å². The number of hydrogen-bond donors (Lipinski definition) is 1. The van der Waals surface area contributed by atoms with Crippen LogP contribution in [0.25, 0.3) is 5.65 Å². The topological polar surface area (TPSA) is 64.3 Å². The van der Waals surface area contributed by atoms with Crippen LogP contribution in [-0.4, -0.2) is 32.9 Å². The van der Waals surface area contributed by atoms with Gasteiger partial charge in [0.15, 0.2) is 10.8 Å². The van der Waals surface area contributed by atoms with Crippen molar-refractivity contribution < 1.29 is 4.74 Å². The van der Waals surface area contributed by atoms with Crippen molar-refractivity contribution in [1.29, 1.82) is 0 Å². The molecule has 2 aromatic heterocycles. The Morgan fingerprint density at radius 2 is 1.95 bits per heavy atom. The third-order valence-electron chi connectivity index (χ3n) is 2.82. The number of benzene rings is 1. The maximum Gasteiger partial charge on any atom is 0.235 e. The molecular weight excluding hydrogens is 274 g/mol. The molecule has 102 valence electrons. The van der Waals surface area contributed by atoms with Crippen LogP contribution >= 0.6 is 11.8 Å². The van der Waals surface area contributed by atoms with Crippen LogP contribution in [0.4, 0.5) is 11.6 Å². The molecule has 2 heterocycles. The van der Waals surface area contributed by atoms with E-state index in [1.54, 1.807) is 25.1 Å². The number of nitrogens with zero attached hydrogens (tertiary/aromatic N) is 4. The van der Waals surface area contributed by atoms with Gasteiger partial charge in [-0.05, 0) is 30.5 Å². The van der Waals surface area contributed by atoms with E-state index in [1.807, 2.05) is 41.0 Å². The molecule has 0 saturated heterocycles. The average molecular weight is 287 g/mol. The summed E-state index contributed by atoms with van der Waals surface area (Å²) in [6, 6.07) is 9.45. The number of ether oxygens (including phenoxy) is 1. The average Bonchev–Trinajstić information content (AvgIpc) is 2.91. The van der Waals surface area contributed by atoms with E-state index in [0.717, 1.165) is 22.2 Å². The molecule has 1 aromatic carbocycles. The van der Waals surface area contributed by atoms with Gasteiger partial charge in [0.2, 0.25) is 5.95 Å². The van der Waals surface area contributed by atoms with Gasteiger partial charge in [0.25, 0.3) is 0 Å². The van der Waals surface area contributed by atoms with Gasteiger partial charge in [0.05, 0.1) is 7.11 Å². The number of rotatable bonds is 4. The summed E-state index contributed by atoms with van der Waals surface area (Å²) in [6.07, 6.45) is 3.70. The second-order valence-electron chi connectivity index (χ2n) is 4.00. The van der Waals surface area contributed by atoms with Crippen molar-refractivity contribution in [3.63, 3.8) is 0 Å². The first-order chi connectivity index (χ1) is 9.81. The highest BCUT2D eigenvalue weighted by Gasteiger charge is 2.09. The standard InChI is InChI=1S/C13H13N5OS/c1-19-10-5-3-9(4-6-10)15-12-17-16-11-7-8-14-13(20-2)18(11)12/h3-8H,1-2H3,(H,15,17). The summed E-state index contributed by atoms with van der Waals surface area (Å²) >= 11 is 1.55. The van der Waals surface area contributed by atoms with Gasteiger partial charge in [0, 0.05) is 18.0 Å². The molecule has 0 bridgehead atoms. The van der Waals surface area contributed by atoms with Crippen molar-refractivity contribution >= 4 is 29.0 Å². The Morgan fingerprint density at radius 3 is 2.65 bits per heavy atom. The minimum absolute atomic E-state index is 0.641. The third-order valence-corrected chi connectivity index (χ3v) is 3.47. The number of thioether (sulfide) groups is 1. The lowest BCUT2D eigenvalue weighted by atomic mass is 10.3. The quantitative estimate of drug-likeness (QED) is 0.588. The summed E-state index contributed by atoms with van der Waals surface area (Å²) in [5.74, 6) is 1.45. The first-order valence-electron chi connectivity index (χ1n) is 5.97. The van der Waals surface area contributed by atoms with Gasteiger partial charge in [-0.15, -0.1) is 10.2 Å². The molecule has 0 amide bonds. The molecule has 0 unspecified atom stereocenters. The Morgan fingerprint density at radius 1 is 1.15 bits per heavy atom. The van der Waals surface area contributed by atoms with Crippen molar-refractivity contribution in [2.45, 2.75) is 5.16 Å². The maximum absolute atomic E-state index is 5.14. The minimum atomic E-state index is 0.641. The van der Waals surface area contributed by atoms with E-state index in [0.29, 0.717) is 5.95 Å². The van der Waals surface area contributed by atoms with Crippen molar-refractivity contribution in [3.05, 3.63) is 36.5 Å². The molecule has 0 aliphatic rings. The normalized spacial score (nSPS) is 10.7. The molecule has 3 aromatic rings. The second-order valence-corrected chi connectivity index (χ2v) is 4.78. The largest absolute Gasteiger partial charge is 0.497 e. The molecule has 0 aliphatic heterocycles. The SMILES string of the molecule is COc1ccc(Nc2nnc3ccnc(SC)n23)cc1. The summed E-state index contributed by atoms with van der Waals surface area (Å²) in [4.78, 5) is 4.31. The van der Waals surface area contributed by atoms with Gasteiger partial charge in [-0.1, -0.05) is 11.8 Å². The molecular formula is C13H13N5OS. The zero-order valence-corrected chi connectivity index (χ0v) is 11.9. The highest BCUT2D eigenvalue weighted by Crippen LogP contribution is 2.22. The van der Waals surface area contributed by atoms with Crippen molar-refractivity contribution in [1.82, 2.24) is 19.6 Å². The highest BCUT2D eigenvalue weighted by atomic mass is 32.2. The van der Waals surface area contributed by atoms with Gasteiger partial charge in [-0.25, -0.2) is 9.38 Å². The van der Waals surface area contributed by atoms with Crippen LogP contribution in [-0.2, 0) is 0 Å². The lowest BCUT2D eigenvalue weighted by Crippen LogP contribution is -2.00. The summed E-state index contributed by atoms with van der Waals surface area (Å²) in [6.45, 7) is 0. The van der Waals surface area contributed by atoms with E-state index in [1.165, 1.54) is 0 Å². The van der Waals surface area contributed by atoms with Gasteiger partial charge < -0.3 is 10.1 Å². The van der Waals surface area contributed by atoms with Crippen molar-refractivity contribution in [3.8, 4) is 5.75 Å². The molecule has 7 heteroatoms. The van der Waals surface area contributed by atoms with Crippen LogP contribution in [0.15, 0.2) is 41.7 Å². The van der Waals surface area contributed by atoms with E-state index < -0.39 is 0 Å². The number of aromatic nitrogens is 4. The Labute approximate surface area is 120 Å². The molecule has 0 atom stereocenters. The third kappa shape index (κ3) is 2.27. The zero-order chi connectivity index (χ0) is 13.9. The molecule has 0 fully saturated rings. The van der Waals surface area contributed by atoms with E-state index in [4.69, 9.17) is 4.74 Å². The first-order valence-corrected chi connectivity index (χ1v) is 7.19. The first kappa shape index (κ1) is 12.7. The Bertz CT molecular complexity index is 725. The van der Waals surface area contributed by atoms with Crippen LogP contribution in [0.1, 0.15) is 0 Å². The van der Waals surface area contributed by atoms with Crippen LogP contribution in [0, 0.1) is 0 Å². The smallest absolute Gasteiger partial charge is 0.235 e. The van der Waals surface area contributed by atoms with Crippen molar-refractivity contribution in [2.24, 2.45) is 0 Å².